The summed E-state index contributed by atoms with van der Waals surface area (Å²) in [5, 5.41) is -0.162. The van der Waals surface area contributed by atoms with E-state index >= 15 is 0 Å². The zero-order chi connectivity index (χ0) is 23.0. The van der Waals surface area contributed by atoms with Gasteiger partial charge in [0.05, 0.1) is 19.3 Å². The molecule has 4 atom stereocenters. The second-order valence-electron chi connectivity index (χ2n) is 11.7. The first-order valence-corrected chi connectivity index (χ1v) is 14.2. The minimum Gasteiger partial charge on any atom is -0.391 e. The van der Waals surface area contributed by atoms with Gasteiger partial charge in [0, 0.05) is 10.1 Å². The zero-order valence-electron chi connectivity index (χ0n) is 20.8. The third-order valence-electron chi connectivity index (χ3n) is 7.16. The number of hydrogen-bond acceptors (Lipinski definition) is 5. The first-order chi connectivity index (χ1) is 15.1. The molecule has 6 heteroatoms. The molecule has 4 rings (SSSR count). The fourth-order valence-corrected chi connectivity index (χ4v) is 10.7. The molecule has 2 heterocycles. The summed E-state index contributed by atoms with van der Waals surface area (Å²) >= 11 is 0. The van der Waals surface area contributed by atoms with E-state index in [1.807, 2.05) is 18.2 Å². The quantitative estimate of drug-likeness (QED) is 0.495. The summed E-state index contributed by atoms with van der Waals surface area (Å²) in [6.45, 7) is 14.5. The van der Waals surface area contributed by atoms with Crippen LogP contribution in [-0.4, -0.2) is 45.9 Å². The van der Waals surface area contributed by atoms with Crippen LogP contribution in [0.1, 0.15) is 79.2 Å². The van der Waals surface area contributed by atoms with Crippen LogP contribution in [-0.2, 0) is 29.7 Å². The van der Waals surface area contributed by atoms with Crippen LogP contribution in [0, 0.1) is 0 Å². The predicted octanol–water partition coefficient (Wildman–Crippen LogP) is 6.10. The molecule has 2 saturated heterocycles. The van der Waals surface area contributed by atoms with E-state index in [1.54, 1.807) is 0 Å². The molecular formula is C26H42O5Si. The maximum Gasteiger partial charge on any atom is 0.349 e. The third kappa shape index (κ3) is 4.86. The largest absolute Gasteiger partial charge is 0.391 e. The number of ether oxygens (including phenoxy) is 3. The van der Waals surface area contributed by atoms with E-state index < -0.39 is 14.9 Å². The molecule has 3 fully saturated rings. The van der Waals surface area contributed by atoms with Crippen LogP contribution in [0.3, 0.4) is 0 Å². The molecular weight excluding hydrogens is 420 g/mol. The molecule has 2 aliphatic heterocycles. The van der Waals surface area contributed by atoms with Crippen molar-refractivity contribution in [2.45, 2.75) is 121 Å². The number of fused-ring (bicyclic) bond motifs is 1. The molecule has 0 N–H and O–H groups in total. The van der Waals surface area contributed by atoms with Crippen LogP contribution in [0.25, 0.3) is 0 Å². The molecule has 3 aliphatic rings. The van der Waals surface area contributed by atoms with E-state index in [2.05, 4.69) is 53.7 Å². The molecule has 0 radical (unpaired) electrons. The third-order valence-corrected chi connectivity index (χ3v) is 12.3. The molecule has 5 nitrogen and oxygen atoms in total. The first-order valence-electron chi connectivity index (χ1n) is 12.4. The lowest BCUT2D eigenvalue weighted by Gasteiger charge is -2.53. The summed E-state index contributed by atoms with van der Waals surface area (Å²) in [5.41, 5.74) is 1.15. The highest BCUT2D eigenvalue weighted by Crippen LogP contribution is 2.55. The van der Waals surface area contributed by atoms with Crippen LogP contribution < -0.4 is 0 Å². The molecule has 0 spiro atoms. The molecule has 1 aromatic carbocycles. The SMILES string of the molecule is CC(C)(C)[Si]1(C(C)(C)C)OC[C@@H]2O[C@@H](OC3CCCCC3)[C@H](OCc3ccccc3)[C@H]2O1. The van der Waals surface area contributed by atoms with Gasteiger partial charge in [-0.1, -0.05) is 91.1 Å². The zero-order valence-corrected chi connectivity index (χ0v) is 21.8. The molecule has 0 amide bonds. The Labute approximate surface area is 195 Å². The summed E-state index contributed by atoms with van der Waals surface area (Å²) in [5.74, 6) is 0. The molecule has 1 saturated carbocycles. The normalized spacial score (nSPS) is 31.4. The van der Waals surface area contributed by atoms with Gasteiger partial charge in [-0.05, 0) is 18.4 Å². The average Bonchev–Trinajstić information content (AvgIpc) is 3.08. The van der Waals surface area contributed by atoms with Gasteiger partial charge < -0.3 is 23.1 Å². The van der Waals surface area contributed by atoms with E-state index in [-0.39, 0.29) is 34.5 Å². The van der Waals surface area contributed by atoms with E-state index in [0.717, 1.165) is 18.4 Å². The molecule has 180 valence electrons. The molecule has 1 aliphatic carbocycles. The Kier molecular flexibility index (Phi) is 7.21. The van der Waals surface area contributed by atoms with Crippen molar-refractivity contribution in [3.8, 4) is 0 Å². The predicted molar refractivity (Wildman–Crippen MR) is 128 cm³/mol. The molecule has 32 heavy (non-hydrogen) atoms. The number of benzene rings is 1. The lowest BCUT2D eigenvalue weighted by molar-refractivity contribution is -0.207. The summed E-state index contributed by atoms with van der Waals surface area (Å²) < 4.78 is 33.1. The van der Waals surface area contributed by atoms with Gasteiger partial charge in [-0.2, -0.15) is 0 Å². The molecule has 0 bridgehead atoms. The summed E-state index contributed by atoms with van der Waals surface area (Å²) in [6.07, 6.45) is 5.18. The lowest BCUT2D eigenvalue weighted by atomic mass is 9.98. The fourth-order valence-electron chi connectivity index (χ4n) is 5.75. The Balaban J connectivity index is 1.57. The van der Waals surface area contributed by atoms with Gasteiger partial charge in [-0.25, -0.2) is 0 Å². The summed E-state index contributed by atoms with van der Waals surface area (Å²) in [7, 11) is -2.62. The van der Waals surface area contributed by atoms with Gasteiger partial charge in [0.2, 0.25) is 0 Å². The van der Waals surface area contributed by atoms with Crippen molar-refractivity contribution < 1.29 is 23.1 Å². The number of rotatable bonds is 5. The lowest BCUT2D eigenvalue weighted by Crippen LogP contribution is -2.65. The first kappa shape index (κ1) is 24.4. The van der Waals surface area contributed by atoms with Crippen molar-refractivity contribution >= 4 is 8.56 Å². The summed E-state index contributed by atoms with van der Waals surface area (Å²) in [6, 6.07) is 10.3. The van der Waals surface area contributed by atoms with E-state index in [4.69, 9.17) is 23.1 Å². The van der Waals surface area contributed by atoms with Crippen molar-refractivity contribution in [2.24, 2.45) is 0 Å². The van der Waals surface area contributed by atoms with Gasteiger partial charge >= 0.3 is 8.56 Å². The standard InChI is InChI=1S/C26H42O5Si/c1-25(2,3)32(26(4,5)6)28-18-21-22(31-32)23(27-17-19-13-9-7-10-14-19)24(30-21)29-20-15-11-8-12-16-20/h7,9-10,13-14,20-24H,8,11-12,15-18H2,1-6H3/t21-,22-,23+,24+/m0/s1. The molecule has 1 aromatic rings. The van der Waals surface area contributed by atoms with Crippen LogP contribution in [0.4, 0.5) is 0 Å². The monoisotopic (exact) mass is 462 g/mol. The highest BCUT2D eigenvalue weighted by atomic mass is 28.4. The Morgan fingerprint density at radius 3 is 2.22 bits per heavy atom. The van der Waals surface area contributed by atoms with Gasteiger partial charge in [0.1, 0.15) is 18.3 Å². The highest BCUT2D eigenvalue weighted by Gasteiger charge is 2.65. The number of hydrogen-bond donors (Lipinski definition) is 0. The Morgan fingerprint density at radius 1 is 0.938 bits per heavy atom. The van der Waals surface area contributed by atoms with Crippen molar-refractivity contribution in [2.75, 3.05) is 6.61 Å². The minimum atomic E-state index is -2.62. The van der Waals surface area contributed by atoms with E-state index in [0.29, 0.717) is 13.2 Å². The van der Waals surface area contributed by atoms with Crippen LogP contribution in [0.2, 0.25) is 10.1 Å². The highest BCUT2D eigenvalue weighted by molar-refractivity contribution is 6.73. The van der Waals surface area contributed by atoms with Crippen LogP contribution in [0.15, 0.2) is 30.3 Å². The smallest absolute Gasteiger partial charge is 0.349 e. The Hall–Kier alpha value is -0.763. The average molecular weight is 463 g/mol. The van der Waals surface area contributed by atoms with E-state index in [1.165, 1.54) is 19.3 Å². The van der Waals surface area contributed by atoms with Gasteiger partial charge in [-0.3, -0.25) is 0 Å². The topological polar surface area (TPSA) is 46.2 Å². The molecule has 0 aromatic heterocycles. The maximum absolute atomic E-state index is 7.03. The van der Waals surface area contributed by atoms with Crippen molar-refractivity contribution in [1.29, 1.82) is 0 Å². The van der Waals surface area contributed by atoms with Crippen molar-refractivity contribution in [3.63, 3.8) is 0 Å². The maximum atomic E-state index is 7.03. The second kappa shape index (κ2) is 9.47. The van der Waals surface area contributed by atoms with Gasteiger partial charge in [0.25, 0.3) is 0 Å². The molecule has 0 unspecified atom stereocenters. The fraction of sp³-hybridized carbons (Fsp3) is 0.769. The van der Waals surface area contributed by atoms with Crippen LogP contribution >= 0.6 is 0 Å². The summed E-state index contributed by atoms with van der Waals surface area (Å²) in [4.78, 5) is 0. The minimum absolute atomic E-state index is 0.0808. The van der Waals surface area contributed by atoms with Crippen molar-refractivity contribution in [1.82, 2.24) is 0 Å². The second-order valence-corrected chi connectivity index (χ2v) is 16.5. The Bertz CT molecular complexity index is 721. The van der Waals surface area contributed by atoms with E-state index in [9.17, 15) is 0 Å². The Morgan fingerprint density at radius 2 is 1.59 bits per heavy atom. The van der Waals surface area contributed by atoms with Gasteiger partial charge in [0.15, 0.2) is 6.29 Å². The van der Waals surface area contributed by atoms with Crippen LogP contribution in [0.5, 0.6) is 0 Å². The van der Waals surface area contributed by atoms with Gasteiger partial charge in [-0.15, -0.1) is 0 Å². The van der Waals surface area contributed by atoms with Crippen molar-refractivity contribution in [3.05, 3.63) is 35.9 Å².